The standard InChI is InChI=1S/C22H26N4O7S2/c1-31-16-5-3-4-14(8-16)9-23-21(28)19-24-20(27)18-15(13-34-22(18)25-19)11-32-12-17-10-26(6-7-33-17)35(2,29)30/h3-5,8,13,17H,6-7,9-12H2,1-2H3,(H,23,28)(H,24,25,27). The quantitative estimate of drug-likeness (QED) is 0.426. The van der Waals surface area contributed by atoms with Crippen LogP contribution in [0.3, 0.4) is 0 Å². The van der Waals surface area contributed by atoms with Crippen LogP contribution in [0.15, 0.2) is 34.4 Å². The molecule has 2 aromatic heterocycles. The highest BCUT2D eigenvalue weighted by molar-refractivity contribution is 7.88. The summed E-state index contributed by atoms with van der Waals surface area (Å²) in [4.78, 5) is 32.6. The van der Waals surface area contributed by atoms with Crippen molar-refractivity contribution in [2.75, 3.05) is 39.7 Å². The maximum Gasteiger partial charge on any atom is 0.287 e. The zero-order valence-electron chi connectivity index (χ0n) is 19.3. The number of fused-ring (bicyclic) bond motifs is 1. The average molecular weight is 523 g/mol. The molecule has 2 N–H and O–H groups in total. The van der Waals surface area contributed by atoms with E-state index in [-0.39, 0.29) is 38.2 Å². The molecule has 1 aromatic carbocycles. The lowest BCUT2D eigenvalue weighted by atomic mass is 10.2. The smallest absolute Gasteiger partial charge is 0.287 e. The van der Waals surface area contributed by atoms with Gasteiger partial charge in [-0.15, -0.1) is 11.3 Å². The molecule has 4 rings (SSSR count). The number of ether oxygens (including phenoxy) is 3. The number of nitrogens with zero attached hydrogens (tertiary/aromatic N) is 2. The molecule has 188 valence electrons. The first-order chi connectivity index (χ1) is 16.7. The molecule has 13 heteroatoms. The van der Waals surface area contributed by atoms with Gasteiger partial charge in [-0.2, -0.15) is 4.31 Å². The van der Waals surface area contributed by atoms with Crippen molar-refractivity contribution >= 4 is 37.5 Å². The van der Waals surface area contributed by atoms with E-state index in [2.05, 4.69) is 15.3 Å². The van der Waals surface area contributed by atoms with Gasteiger partial charge >= 0.3 is 0 Å². The van der Waals surface area contributed by atoms with Gasteiger partial charge in [-0.25, -0.2) is 13.4 Å². The molecule has 3 heterocycles. The number of sulfonamides is 1. The highest BCUT2D eigenvalue weighted by atomic mass is 32.2. The van der Waals surface area contributed by atoms with Crippen molar-refractivity contribution in [3.63, 3.8) is 0 Å². The van der Waals surface area contributed by atoms with Gasteiger partial charge < -0.3 is 24.5 Å². The van der Waals surface area contributed by atoms with E-state index in [0.29, 0.717) is 34.7 Å². The van der Waals surface area contributed by atoms with Crippen LogP contribution in [0.25, 0.3) is 10.2 Å². The molecule has 3 aromatic rings. The van der Waals surface area contributed by atoms with Gasteiger partial charge in [0.15, 0.2) is 0 Å². The Morgan fingerprint density at radius 3 is 3.00 bits per heavy atom. The van der Waals surface area contributed by atoms with E-state index in [4.69, 9.17) is 14.2 Å². The largest absolute Gasteiger partial charge is 0.497 e. The summed E-state index contributed by atoms with van der Waals surface area (Å²) in [6.07, 6.45) is 0.778. The number of carbonyl (C=O) groups is 1. The second-order valence-electron chi connectivity index (χ2n) is 8.02. The number of H-pyrrole nitrogens is 1. The molecule has 35 heavy (non-hydrogen) atoms. The first-order valence-corrected chi connectivity index (χ1v) is 13.5. The lowest BCUT2D eigenvalue weighted by Crippen LogP contribution is -2.46. The summed E-state index contributed by atoms with van der Waals surface area (Å²) in [7, 11) is -1.72. The molecule has 1 aliphatic rings. The summed E-state index contributed by atoms with van der Waals surface area (Å²) in [5.74, 6) is 0.111. The zero-order valence-corrected chi connectivity index (χ0v) is 20.9. The number of morpholine rings is 1. The molecular formula is C22H26N4O7S2. The van der Waals surface area contributed by atoms with Crippen molar-refractivity contribution in [2.24, 2.45) is 0 Å². The average Bonchev–Trinajstić information content (AvgIpc) is 3.26. The fraction of sp³-hybridized carbons (Fsp3) is 0.409. The molecule has 1 amide bonds. The van der Waals surface area contributed by atoms with Gasteiger partial charge in [0.05, 0.1) is 44.7 Å². The Balaban J connectivity index is 1.37. The number of carbonyl (C=O) groups excluding carboxylic acids is 1. The number of methoxy groups -OCH3 is 1. The van der Waals surface area contributed by atoms with E-state index in [0.717, 1.165) is 5.56 Å². The van der Waals surface area contributed by atoms with Crippen molar-refractivity contribution in [1.82, 2.24) is 19.6 Å². The van der Waals surface area contributed by atoms with Crippen LogP contribution in [-0.4, -0.2) is 74.4 Å². The number of aromatic amines is 1. The summed E-state index contributed by atoms with van der Waals surface area (Å²) < 4.78 is 41.3. The minimum atomic E-state index is -3.29. The molecule has 0 radical (unpaired) electrons. The lowest BCUT2D eigenvalue weighted by molar-refractivity contribution is -0.0542. The summed E-state index contributed by atoms with van der Waals surface area (Å²) in [6, 6.07) is 7.29. The Morgan fingerprint density at radius 1 is 1.40 bits per heavy atom. The number of aromatic nitrogens is 2. The molecule has 1 atom stereocenters. The van der Waals surface area contributed by atoms with Crippen LogP contribution in [0.1, 0.15) is 21.7 Å². The highest BCUT2D eigenvalue weighted by Gasteiger charge is 2.26. The van der Waals surface area contributed by atoms with E-state index in [1.165, 1.54) is 21.9 Å². The minimum Gasteiger partial charge on any atom is -0.497 e. The maximum atomic E-state index is 12.7. The minimum absolute atomic E-state index is 0.0730. The monoisotopic (exact) mass is 522 g/mol. The predicted molar refractivity (Wildman–Crippen MR) is 130 cm³/mol. The maximum absolute atomic E-state index is 12.7. The number of rotatable bonds is 9. The summed E-state index contributed by atoms with van der Waals surface area (Å²) in [5, 5.41) is 4.86. The Morgan fingerprint density at radius 2 is 2.23 bits per heavy atom. The van der Waals surface area contributed by atoms with Gasteiger partial charge in [-0.1, -0.05) is 12.1 Å². The van der Waals surface area contributed by atoms with E-state index < -0.39 is 21.5 Å². The van der Waals surface area contributed by atoms with Gasteiger partial charge in [0.1, 0.15) is 10.6 Å². The summed E-state index contributed by atoms with van der Waals surface area (Å²) in [5.41, 5.74) is 1.05. The fourth-order valence-electron chi connectivity index (χ4n) is 3.66. The van der Waals surface area contributed by atoms with Crippen LogP contribution < -0.4 is 15.6 Å². The molecule has 0 bridgehead atoms. The second kappa shape index (κ2) is 10.8. The Kier molecular flexibility index (Phi) is 7.82. The molecular weight excluding hydrogens is 496 g/mol. The van der Waals surface area contributed by atoms with E-state index in [1.54, 1.807) is 12.5 Å². The molecule has 1 fully saturated rings. The predicted octanol–water partition coefficient (Wildman–Crippen LogP) is 1.10. The number of benzene rings is 1. The Bertz CT molecular complexity index is 1370. The topological polar surface area (TPSA) is 140 Å². The number of nitrogens with one attached hydrogen (secondary N) is 2. The van der Waals surface area contributed by atoms with Gasteiger partial charge in [0, 0.05) is 25.2 Å². The number of hydrogen-bond acceptors (Lipinski definition) is 9. The molecule has 0 aliphatic carbocycles. The normalized spacial score (nSPS) is 16.9. The van der Waals surface area contributed by atoms with Crippen LogP contribution in [0.5, 0.6) is 5.75 Å². The molecule has 1 aliphatic heterocycles. The Hall–Kier alpha value is -2.84. The molecule has 1 saturated heterocycles. The fourth-order valence-corrected chi connectivity index (χ4v) is 5.43. The molecule has 1 unspecified atom stereocenters. The highest BCUT2D eigenvalue weighted by Crippen LogP contribution is 2.22. The molecule has 11 nitrogen and oxygen atoms in total. The van der Waals surface area contributed by atoms with Gasteiger partial charge in [0.2, 0.25) is 15.8 Å². The molecule has 0 saturated carbocycles. The second-order valence-corrected chi connectivity index (χ2v) is 10.9. The first-order valence-electron chi connectivity index (χ1n) is 10.8. The third-order valence-corrected chi connectivity index (χ3v) is 7.64. The summed E-state index contributed by atoms with van der Waals surface area (Å²) >= 11 is 1.24. The van der Waals surface area contributed by atoms with Crippen LogP contribution in [0.4, 0.5) is 0 Å². The number of hydrogen-bond donors (Lipinski definition) is 2. The van der Waals surface area contributed by atoms with Crippen molar-refractivity contribution in [2.45, 2.75) is 19.3 Å². The van der Waals surface area contributed by atoms with Gasteiger partial charge in [-0.3, -0.25) is 9.59 Å². The van der Waals surface area contributed by atoms with Gasteiger partial charge in [-0.05, 0) is 23.1 Å². The van der Waals surface area contributed by atoms with Gasteiger partial charge in [0.25, 0.3) is 11.5 Å². The van der Waals surface area contributed by atoms with Crippen molar-refractivity contribution in [3.8, 4) is 5.75 Å². The first kappa shape index (κ1) is 25.3. The van der Waals surface area contributed by atoms with Crippen LogP contribution >= 0.6 is 11.3 Å². The van der Waals surface area contributed by atoms with E-state index >= 15 is 0 Å². The van der Waals surface area contributed by atoms with Crippen molar-refractivity contribution in [1.29, 1.82) is 0 Å². The SMILES string of the molecule is COc1cccc(CNC(=O)c2nc3scc(COCC4CN(S(C)(=O)=O)CCO4)c3c(=O)[nH]2)c1. The molecule has 0 spiro atoms. The van der Waals surface area contributed by atoms with E-state index in [9.17, 15) is 18.0 Å². The third-order valence-electron chi connectivity index (χ3n) is 5.45. The number of amides is 1. The van der Waals surface area contributed by atoms with E-state index in [1.807, 2.05) is 24.3 Å². The van der Waals surface area contributed by atoms with Crippen LogP contribution in [0, 0.1) is 0 Å². The third kappa shape index (κ3) is 6.24. The van der Waals surface area contributed by atoms with Crippen molar-refractivity contribution in [3.05, 3.63) is 57.0 Å². The summed E-state index contributed by atoms with van der Waals surface area (Å²) in [6.45, 7) is 1.40. The van der Waals surface area contributed by atoms with Crippen LogP contribution in [0.2, 0.25) is 0 Å². The Labute approximate surface area is 206 Å². The van der Waals surface area contributed by atoms with Crippen molar-refractivity contribution < 1.29 is 27.4 Å². The lowest BCUT2D eigenvalue weighted by Gasteiger charge is -2.30. The van der Waals surface area contributed by atoms with Crippen LogP contribution in [-0.2, 0) is 32.6 Å². The number of thiophene rings is 1. The zero-order chi connectivity index (χ0) is 25.0.